The predicted octanol–water partition coefficient (Wildman–Crippen LogP) is -1.71. The average molecular weight is 285 g/mol. The van der Waals surface area contributed by atoms with Gasteiger partial charge in [0.15, 0.2) is 0 Å². The molecular formula is C12H19N3O5. The van der Waals surface area contributed by atoms with Gasteiger partial charge in [-0.2, -0.15) is 0 Å². The molecule has 112 valence electrons. The Hall–Kier alpha value is -1.67. The van der Waals surface area contributed by atoms with Crippen molar-refractivity contribution in [3.05, 3.63) is 0 Å². The summed E-state index contributed by atoms with van der Waals surface area (Å²) >= 11 is 0. The Bertz CT molecular complexity index is 410. The number of amides is 2. The number of rotatable bonds is 5. The molecule has 1 aliphatic carbocycles. The van der Waals surface area contributed by atoms with Crippen molar-refractivity contribution in [2.75, 3.05) is 19.8 Å². The molecule has 2 rings (SSSR count). The van der Waals surface area contributed by atoms with Crippen LogP contribution in [-0.2, 0) is 19.1 Å². The van der Waals surface area contributed by atoms with E-state index in [2.05, 4.69) is 5.32 Å². The van der Waals surface area contributed by atoms with Crippen molar-refractivity contribution in [2.24, 2.45) is 5.73 Å². The van der Waals surface area contributed by atoms with E-state index in [-0.39, 0.29) is 25.1 Å². The number of nitrogens with two attached hydrogens (primary N) is 1. The first-order chi connectivity index (χ1) is 9.49. The second kappa shape index (κ2) is 6.19. The third-order valence-corrected chi connectivity index (χ3v) is 3.35. The molecule has 2 amide bonds. The Labute approximate surface area is 116 Å². The fraction of sp³-hybridized carbons (Fsp3) is 0.750. The zero-order valence-corrected chi connectivity index (χ0v) is 11.1. The number of carbonyl (C=O) groups excluding carboxylic acids is 2. The van der Waals surface area contributed by atoms with Gasteiger partial charge in [-0.05, 0) is 12.8 Å². The lowest BCUT2D eigenvalue weighted by molar-refractivity contribution is -0.151. The number of carbonyl (C=O) groups is 3. The van der Waals surface area contributed by atoms with Crippen molar-refractivity contribution in [3.8, 4) is 0 Å². The van der Waals surface area contributed by atoms with Gasteiger partial charge in [0.05, 0.1) is 25.7 Å². The van der Waals surface area contributed by atoms with Crippen LogP contribution in [-0.4, -0.2) is 65.7 Å². The fourth-order valence-electron chi connectivity index (χ4n) is 2.10. The highest BCUT2D eigenvalue weighted by atomic mass is 16.5. The van der Waals surface area contributed by atoms with Crippen LogP contribution in [0.3, 0.4) is 0 Å². The molecule has 1 saturated heterocycles. The Kier molecular flexibility index (Phi) is 4.56. The third kappa shape index (κ3) is 3.67. The molecule has 2 fully saturated rings. The molecule has 8 heteroatoms. The smallest absolute Gasteiger partial charge is 0.305 e. The second-order valence-electron chi connectivity index (χ2n) is 5.11. The summed E-state index contributed by atoms with van der Waals surface area (Å²) in [5.74, 6) is -1.92. The maximum Gasteiger partial charge on any atom is 0.305 e. The van der Waals surface area contributed by atoms with E-state index in [9.17, 15) is 14.4 Å². The molecule has 0 aromatic carbocycles. The van der Waals surface area contributed by atoms with E-state index in [1.807, 2.05) is 0 Å². The zero-order valence-electron chi connectivity index (χ0n) is 11.1. The number of morpholine rings is 1. The van der Waals surface area contributed by atoms with Crippen LogP contribution < -0.4 is 11.1 Å². The third-order valence-electron chi connectivity index (χ3n) is 3.35. The van der Waals surface area contributed by atoms with E-state index in [0.29, 0.717) is 6.61 Å². The molecule has 0 bridgehead atoms. The number of carboxylic acid groups (broad SMARTS) is 1. The van der Waals surface area contributed by atoms with Gasteiger partial charge >= 0.3 is 5.97 Å². The molecule has 4 N–H and O–H groups in total. The highest BCUT2D eigenvalue weighted by Crippen LogP contribution is 2.20. The van der Waals surface area contributed by atoms with E-state index >= 15 is 0 Å². The van der Waals surface area contributed by atoms with Gasteiger partial charge in [0.25, 0.3) is 0 Å². The minimum atomic E-state index is -1.14. The van der Waals surface area contributed by atoms with Crippen LogP contribution in [0, 0.1) is 0 Å². The Morgan fingerprint density at radius 2 is 2.10 bits per heavy atom. The van der Waals surface area contributed by atoms with Crippen LogP contribution in [0.4, 0.5) is 0 Å². The largest absolute Gasteiger partial charge is 0.481 e. The summed E-state index contributed by atoms with van der Waals surface area (Å²) in [6, 6.07) is -1.67. The molecule has 0 aromatic heterocycles. The molecule has 1 saturated carbocycles. The lowest BCUT2D eigenvalue weighted by Gasteiger charge is -2.35. The maximum atomic E-state index is 12.2. The summed E-state index contributed by atoms with van der Waals surface area (Å²) in [5.41, 5.74) is 5.58. The number of nitrogens with one attached hydrogen (secondary N) is 1. The minimum absolute atomic E-state index is 0.115. The molecule has 1 aliphatic heterocycles. The van der Waals surface area contributed by atoms with Gasteiger partial charge in [0.1, 0.15) is 6.04 Å². The number of aliphatic carboxylic acids is 1. The first-order valence-electron chi connectivity index (χ1n) is 6.65. The number of ether oxygens (including phenoxy) is 1. The van der Waals surface area contributed by atoms with E-state index in [0.717, 1.165) is 12.8 Å². The van der Waals surface area contributed by atoms with Gasteiger partial charge in [-0.1, -0.05) is 0 Å². The SMILES string of the molecule is NC(CC(=O)O)C(=O)N1CCOCC1C(=O)NC1CC1. The number of nitrogens with zero attached hydrogens (tertiary/aromatic N) is 1. The molecule has 0 spiro atoms. The van der Waals surface area contributed by atoms with Crippen molar-refractivity contribution in [3.63, 3.8) is 0 Å². The van der Waals surface area contributed by atoms with Gasteiger partial charge in [-0.15, -0.1) is 0 Å². The van der Waals surface area contributed by atoms with Crippen molar-refractivity contribution < 1.29 is 24.2 Å². The topological polar surface area (TPSA) is 122 Å². The highest BCUT2D eigenvalue weighted by Gasteiger charge is 2.37. The molecule has 1 heterocycles. The van der Waals surface area contributed by atoms with Crippen LogP contribution in [0.15, 0.2) is 0 Å². The van der Waals surface area contributed by atoms with Gasteiger partial charge in [0, 0.05) is 12.6 Å². The van der Waals surface area contributed by atoms with Crippen LogP contribution in [0.2, 0.25) is 0 Å². The molecule has 20 heavy (non-hydrogen) atoms. The monoisotopic (exact) mass is 285 g/mol. The van der Waals surface area contributed by atoms with Crippen molar-refractivity contribution >= 4 is 17.8 Å². The van der Waals surface area contributed by atoms with Gasteiger partial charge in [0.2, 0.25) is 11.8 Å². The zero-order chi connectivity index (χ0) is 14.7. The first kappa shape index (κ1) is 14.7. The molecule has 8 nitrogen and oxygen atoms in total. The number of hydrogen-bond acceptors (Lipinski definition) is 5. The van der Waals surface area contributed by atoms with Gasteiger partial charge in [-0.25, -0.2) is 0 Å². The Morgan fingerprint density at radius 3 is 2.70 bits per heavy atom. The average Bonchev–Trinajstić information content (AvgIpc) is 3.21. The van der Waals surface area contributed by atoms with Crippen molar-refractivity contribution in [1.29, 1.82) is 0 Å². The highest BCUT2D eigenvalue weighted by molar-refractivity contribution is 5.91. The standard InChI is InChI=1S/C12H19N3O5/c13-8(5-10(16)17)12(19)15-3-4-20-6-9(15)11(18)14-7-1-2-7/h7-9H,1-6,13H2,(H,14,18)(H,16,17). The fourth-order valence-corrected chi connectivity index (χ4v) is 2.10. The normalized spacial score (nSPS) is 24.1. The van der Waals surface area contributed by atoms with Crippen molar-refractivity contribution in [2.45, 2.75) is 37.4 Å². The minimum Gasteiger partial charge on any atom is -0.481 e. The van der Waals surface area contributed by atoms with E-state index in [4.69, 9.17) is 15.6 Å². The van der Waals surface area contributed by atoms with Crippen LogP contribution in [0.25, 0.3) is 0 Å². The van der Waals surface area contributed by atoms with Crippen LogP contribution >= 0.6 is 0 Å². The van der Waals surface area contributed by atoms with Crippen LogP contribution in [0.5, 0.6) is 0 Å². The summed E-state index contributed by atoms with van der Waals surface area (Å²) in [6.07, 6.45) is 1.45. The maximum absolute atomic E-state index is 12.2. The summed E-state index contributed by atoms with van der Waals surface area (Å²) < 4.78 is 5.23. The molecule has 2 unspecified atom stereocenters. The number of hydrogen-bond donors (Lipinski definition) is 3. The predicted molar refractivity (Wildman–Crippen MR) is 67.7 cm³/mol. The summed E-state index contributed by atoms with van der Waals surface area (Å²) in [5, 5.41) is 11.5. The van der Waals surface area contributed by atoms with Crippen LogP contribution in [0.1, 0.15) is 19.3 Å². The van der Waals surface area contributed by atoms with E-state index < -0.39 is 30.4 Å². The number of carboxylic acids is 1. The van der Waals surface area contributed by atoms with Crippen molar-refractivity contribution in [1.82, 2.24) is 10.2 Å². The lowest BCUT2D eigenvalue weighted by Crippen LogP contribution is -2.59. The summed E-state index contributed by atoms with van der Waals surface area (Å²) in [7, 11) is 0. The Balaban J connectivity index is 1.99. The molecule has 0 aromatic rings. The summed E-state index contributed by atoms with van der Waals surface area (Å²) in [4.78, 5) is 36.2. The molecule has 2 aliphatic rings. The molecule has 2 atom stereocenters. The van der Waals surface area contributed by atoms with Gasteiger partial charge < -0.3 is 25.8 Å². The quantitative estimate of drug-likeness (QED) is 0.553. The van der Waals surface area contributed by atoms with E-state index in [1.165, 1.54) is 4.90 Å². The second-order valence-corrected chi connectivity index (χ2v) is 5.11. The van der Waals surface area contributed by atoms with Gasteiger partial charge in [-0.3, -0.25) is 14.4 Å². The lowest BCUT2D eigenvalue weighted by atomic mass is 10.1. The molecular weight excluding hydrogens is 266 g/mol. The molecule has 0 radical (unpaired) electrons. The summed E-state index contributed by atoms with van der Waals surface area (Å²) in [6.45, 7) is 0.678. The Morgan fingerprint density at radius 1 is 1.40 bits per heavy atom. The first-order valence-corrected chi connectivity index (χ1v) is 6.65. The van der Waals surface area contributed by atoms with E-state index in [1.54, 1.807) is 0 Å².